The zero-order chi connectivity index (χ0) is 19.9. The minimum atomic E-state index is -1.15. The molecule has 0 unspecified atom stereocenters. The van der Waals surface area contributed by atoms with Gasteiger partial charge in [-0.3, -0.25) is 14.4 Å². The number of hydrogen-bond acceptors (Lipinski definition) is 4. The fraction of sp³-hybridized carbons (Fsp3) is 0.286. The number of hydrogen-bond donors (Lipinski definition) is 2. The normalized spacial score (nSPS) is 12.1. The molecule has 27 heavy (non-hydrogen) atoms. The van der Waals surface area contributed by atoms with Gasteiger partial charge in [0.05, 0.1) is 18.4 Å². The first-order valence-corrected chi connectivity index (χ1v) is 8.76. The van der Waals surface area contributed by atoms with Crippen molar-refractivity contribution in [3.8, 4) is 0 Å². The van der Waals surface area contributed by atoms with Gasteiger partial charge in [-0.2, -0.15) is 0 Å². The molecule has 0 aliphatic rings. The van der Waals surface area contributed by atoms with Crippen LogP contribution in [0, 0.1) is 0 Å². The Morgan fingerprint density at radius 2 is 1.48 bits per heavy atom. The first kappa shape index (κ1) is 20.2. The molecule has 0 aromatic heterocycles. The van der Waals surface area contributed by atoms with Crippen molar-refractivity contribution in [2.75, 3.05) is 6.61 Å². The number of nitrogens with two attached hydrogens (primary N) is 1. The Balaban J connectivity index is 2.37. The highest BCUT2D eigenvalue weighted by molar-refractivity contribution is 5.96. The Bertz CT molecular complexity index is 751. The number of carbonyl (C=O) groups is 3. The Kier molecular flexibility index (Phi) is 6.71. The molecular weight excluding hydrogens is 344 g/mol. The maximum atomic E-state index is 13.2. The van der Waals surface area contributed by atoms with Crippen LogP contribution >= 0.6 is 0 Å². The molecule has 0 saturated heterocycles. The minimum absolute atomic E-state index is 0.185. The van der Waals surface area contributed by atoms with Crippen LogP contribution in [-0.2, 0) is 24.5 Å². The number of carbonyl (C=O) groups excluding carboxylic acids is 3. The quantitative estimate of drug-likeness (QED) is 0.696. The van der Waals surface area contributed by atoms with Gasteiger partial charge in [0, 0.05) is 0 Å². The lowest BCUT2D eigenvalue weighted by Crippen LogP contribution is -2.52. The molecule has 0 fully saturated rings. The largest absolute Gasteiger partial charge is 0.466 e. The van der Waals surface area contributed by atoms with Crippen molar-refractivity contribution in [2.45, 2.75) is 31.7 Å². The van der Waals surface area contributed by atoms with E-state index >= 15 is 0 Å². The van der Waals surface area contributed by atoms with Crippen LogP contribution in [0.1, 0.15) is 31.4 Å². The van der Waals surface area contributed by atoms with Crippen LogP contribution in [0.5, 0.6) is 0 Å². The van der Waals surface area contributed by atoms with Gasteiger partial charge in [-0.05, 0) is 25.0 Å². The summed E-state index contributed by atoms with van der Waals surface area (Å²) >= 11 is 0. The van der Waals surface area contributed by atoms with E-state index in [1.54, 1.807) is 13.8 Å². The topological polar surface area (TPSA) is 98.5 Å². The molecule has 0 aliphatic carbocycles. The van der Waals surface area contributed by atoms with Crippen molar-refractivity contribution in [2.24, 2.45) is 5.73 Å². The van der Waals surface area contributed by atoms with Gasteiger partial charge in [-0.15, -0.1) is 0 Å². The summed E-state index contributed by atoms with van der Waals surface area (Å²) in [5.74, 6) is -1.81. The lowest BCUT2D eigenvalue weighted by atomic mass is 9.75. The third-order valence-corrected chi connectivity index (χ3v) is 4.48. The van der Waals surface area contributed by atoms with Gasteiger partial charge in [0.25, 0.3) is 0 Å². The standard InChI is InChI=1S/C21H24N2O4/c1-3-27-18(24)14-17(19(22)25)23-20(26)21(2,15-10-6-4-7-11-15)16-12-8-5-9-13-16/h4-13,17H,3,14H2,1-2H3,(H2,22,25)(H,23,26)/t17-/m0/s1. The van der Waals surface area contributed by atoms with Gasteiger partial charge < -0.3 is 15.8 Å². The average Bonchev–Trinajstić information content (AvgIpc) is 2.68. The highest BCUT2D eigenvalue weighted by Gasteiger charge is 2.39. The Labute approximate surface area is 158 Å². The summed E-state index contributed by atoms with van der Waals surface area (Å²) in [4.78, 5) is 36.8. The van der Waals surface area contributed by atoms with E-state index in [2.05, 4.69) is 5.32 Å². The molecule has 6 nitrogen and oxygen atoms in total. The first-order chi connectivity index (χ1) is 12.9. The molecule has 142 valence electrons. The molecular formula is C21H24N2O4. The van der Waals surface area contributed by atoms with E-state index in [1.165, 1.54) is 0 Å². The number of primary amides is 1. The van der Waals surface area contributed by atoms with Crippen LogP contribution in [0.2, 0.25) is 0 Å². The van der Waals surface area contributed by atoms with Crippen LogP contribution in [0.3, 0.4) is 0 Å². The third-order valence-electron chi connectivity index (χ3n) is 4.48. The number of ether oxygens (including phenoxy) is 1. The van der Waals surface area contributed by atoms with E-state index in [1.807, 2.05) is 60.7 Å². The van der Waals surface area contributed by atoms with Crippen molar-refractivity contribution in [1.29, 1.82) is 0 Å². The van der Waals surface area contributed by atoms with Gasteiger partial charge >= 0.3 is 5.97 Å². The zero-order valence-corrected chi connectivity index (χ0v) is 15.5. The van der Waals surface area contributed by atoms with Crippen LogP contribution in [0.15, 0.2) is 60.7 Å². The van der Waals surface area contributed by atoms with Crippen molar-refractivity contribution >= 4 is 17.8 Å². The molecule has 2 rings (SSSR count). The molecule has 0 radical (unpaired) electrons. The maximum absolute atomic E-state index is 13.2. The fourth-order valence-corrected chi connectivity index (χ4v) is 2.88. The predicted molar refractivity (Wildman–Crippen MR) is 102 cm³/mol. The maximum Gasteiger partial charge on any atom is 0.308 e. The summed E-state index contributed by atoms with van der Waals surface area (Å²) in [7, 11) is 0. The molecule has 2 aromatic rings. The number of rotatable bonds is 8. The molecule has 0 spiro atoms. The van der Waals surface area contributed by atoms with Gasteiger partial charge in [0.1, 0.15) is 6.04 Å². The number of nitrogens with one attached hydrogen (secondary N) is 1. The predicted octanol–water partition coefficient (Wildman–Crippen LogP) is 1.92. The number of amides is 2. The highest BCUT2D eigenvalue weighted by Crippen LogP contribution is 2.32. The van der Waals surface area contributed by atoms with E-state index in [-0.39, 0.29) is 13.0 Å². The minimum Gasteiger partial charge on any atom is -0.466 e. The second-order valence-corrected chi connectivity index (χ2v) is 6.29. The molecule has 0 aliphatic heterocycles. The van der Waals surface area contributed by atoms with Gasteiger partial charge in [-0.25, -0.2) is 0 Å². The smallest absolute Gasteiger partial charge is 0.308 e. The second kappa shape index (κ2) is 8.98. The van der Waals surface area contributed by atoms with Crippen molar-refractivity contribution in [1.82, 2.24) is 5.32 Å². The Hall–Kier alpha value is -3.15. The summed E-state index contributed by atoms with van der Waals surface area (Å²) in [5.41, 5.74) is 5.84. The van der Waals surface area contributed by atoms with E-state index in [4.69, 9.17) is 10.5 Å². The second-order valence-electron chi connectivity index (χ2n) is 6.29. The molecule has 0 heterocycles. The summed E-state index contributed by atoms with van der Waals surface area (Å²) in [6.45, 7) is 3.62. The first-order valence-electron chi connectivity index (χ1n) is 8.76. The van der Waals surface area contributed by atoms with Crippen LogP contribution in [-0.4, -0.2) is 30.4 Å². The van der Waals surface area contributed by atoms with Crippen molar-refractivity contribution < 1.29 is 19.1 Å². The monoisotopic (exact) mass is 368 g/mol. The summed E-state index contributed by atoms with van der Waals surface area (Å²) in [5, 5.41) is 2.63. The number of benzene rings is 2. The molecule has 3 N–H and O–H groups in total. The SMILES string of the molecule is CCOC(=O)C[C@H](NC(=O)C(C)(c1ccccc1)c1ccccc1)C(N)=O. The van der Waals surface area contributed by atoms with Crippen molar-refractivity contribution in [3.05, 3.63) is 71.8 Å². The molecule has 0 saturated carbocycles. The van der Waals surface area contributed by atoms with Gasteiger partial charge in [-0.1, -0.05) is 60.7 Å². The summed E-state index contributed by atoms with van der Waals surface area (Å²) < 4.78 is 4.86. The summed E-state index contributed by atoms with van der Waals surface area (Å²) in [6, 6.07) is 17.3. The zero-order valence-electron chi connectivity index (χ0n) is 15.5. The number of esters is 1. The Morgan fingerprint density at radius 3 is 1.89 bits per heavy atom. The fourth-order valence-electron chi connectivity index (χ4n) is 2.88. The van der Waals surface area contributed by atoms with Crippen LogP contribution in [0.25, 0.3) is 0 Å². The molecule has 2 aromatic carbocycles. The summed E-state index contributed by atoms with van der Waals surface area (Å²) in [6.07, 6.45) is -0.311. The lowest BCUT2D eigenvalue weighted by molar-refractivity contribution is -0.145. The molecule has 1 atom stereocenters. The average molecular weight is 368 g/mol. The van der Waals surface area contributed by atoms with E-state index in [9.17, 15) is 14.4 Å². The lowest BCUT2D eigenvalue weighted by Gasteiger charge is -2.31. The third kappa shape index (κ3) is 4.73. The molecule has 0 bridgehead atoms. The molecule has 2 amide bonds. The highest BCUT2D eigenvalue weighted by atomic mass is 16.5. The molecule has 6 heteroatoms. The van der Waals surface area contributed by atoms with E-state index < -0.39 is 29.2 Å². The van der Waals surface area contributed by atoms with Crippen LogP contribution in [0.4, 0.5) is 0 Å². The van der Waals surface area contributed by atoms with Crippen molar-refractivity contribution in [3.63, 3.8) is 0 Å². The van der Waals surface area contributed by atoms with E-state index in [0.29, 0.717) is 0 Å². The van der Waals surface area contributed by atoms with Gasteiger partial charge in [0.2, 0.25) is 11.8 Å². The van der Waals surface area contributed by atoms with E-state index in [0.717, 1.165) is 11.1 Å². The van der Waals surface area contributed by atoms with Gasteiger partial charge in [0.15, 0.2) is 0 Å². The Morgan fingerprint density at radius 1 is 1.00 bits per heavy atom. The van der Waals surface area contributed by atoms with Crippen LogP contribution < -0.4 is 11.1 Å².